The van der Waals surface area contributed by atoms with E-state index in [1.807, 2.05) is 32.9 Å². The SMILES string of the molecule is COc1ccc(C(=O)OCC(=O)c2cc(C)c(C)cc2C)c(OC)c1OC. The zero-order chi connectivity index (χ0) is 20.1. The summed E-state index contributed by atoms with van der Waals surface area (Å²) in [6.07, 6.45) is 0. The predicted molar refractivity (Wildman–Crippen MR) is 101 cm³/mol. The van der Waals surface area contributed by atoms with E-state index in [4.69, 9.17) is 18.9 Å². The standard InChI is InChI=1S/C21H24O6/c1-12-9-14(3)16(10-13(12)2)17(22)11-27-21(23)15-7-8-18(24-4)20(26-6)19(15)25-5/h7-10H,11H2,1-6H3. The zero-order valence-electron chi connectivity index (χ0n) is 16.5. The maximum atomic E-state index is 12.5. The molecule has 0 heterocycles. The summed E-state index contributed by atoms with van der Waals surface area (Å²) in [5.41, 5.74) is 3.67. The minimum Gasteiger partial charge on any atom is -0.493 e. The Morgan fingerprint density at radius 3 is 2.00 bits per heavy atom. The van der Waals surface area contributed by atoms with E-state index in [1.54, 1.807) is 6.07 Å². The topological polar surface area (TPSA) is 71.1 Å². The number of carbonyl (C=O) groups is 2. The van der Waals surface area contributed by atoms with Crippen LogP contribution in [0.3, 0.4) is 0 Å². The molecule has 6 heteroatoms. The lowest BCUT2D eigenvalue weighted by atomic mass is 9.98. The maximum Gasteiger partial charge on any atom is 0.342 e. The lowest BCUT2D eigenvalue weighted by Crippen LogP contribution is -2.16. The first kappa shape index (κ1) is 20.3. The van der Waals surface area contributed by atoms with E-state index in [1.165, 1.54) is 27.4 Å². The van der Waals surface area contributed by atoms with Crippen molar-refractivity contribution in [3.63, 3.8) is 0 Å². The van der Waals surface area contributed by atoms with Crippen molar-refractivity contribution in [2.45, 2.75) is 20.8 Å². The lowest BCUT2D eigenvalue weighted by molar-refractivity contribution is 0.0470. The van der Waals surface area contributed by atoms with Crippen molar-refractivity contribution in [2.24, 2.45) is 0 Å². The van der Waals surface area contributed by atoms with E-state index >= 15 is 0 Å². The lowest BCUT2D eigenvalue weighted by Gasteiger charge is -2.15. The van der Waals surface area contributed by atoms with Crippen LogP contribution in [0.15, 0.2) is 24.3 Å². The number of ether oxygens (including phenoxy) is 4. The molecule has 0 bridgehead atoms. The smallest absolute Gasteiger partial charge is 0.342 e. The number of ketones is 1. The van der Waals surface area contributed by atoms with Gasteiger partial charge in [0.25, 0.3) is 0 Å². The molecule has 27 heavy (non-hydrogen) atoms. The van der Waals surface area contributed by atoms with Gasteiger partial charge in [-0.15, -0.1) is 0 Å². The fourth-order valence-electron chi connectivity index (χ4n) is 2.81. The number of hydrogen-bond acceptors (Lipinski definition) is 6. The molecule has 0 saturated heterocycles. The highest BCUT2D eigenvalue weighted by Crippen LogP contribution is 2.39. The summed E-state index contributed by atoms with van der Waals surface area (Å²) in [4.78, 5) is 25.0. The van der Waals surface area contributed by atoms with Crippen LogP contribution in [0.4, 0.5) is 0 Å². The summed E-state index contributed by atoms with van der Waals surface area (Å²) in [5, 5.41) is 0. The van der Waals surface area contributed by atoms with Crippen LogP contribution in [0.5, 0.6) is 17.2 Å². The zero-order valence-corrected chi connectivity index (χ0v) is 16.5. The fraction of sp³-hybridized carbons (Fsp3) is 0.333. The van der Waals surface area contributed by atoms with Gasteiger partial charge in [0.05, 0.1) is 21.3 Å². The van der Waals surface area contributed by atoms with Crippen molar-refractivity contribution in [1.82, 2.24) is 0 Å². The second kappa shape index (κ2) is 8.58. The molecule has 0 fully saturated rings. The predicted octanol–water partition coefficient (Wildman–Crippen LogP) is 3.68. The van der Waals surface area contributed by atoms with Crippen molar-refractivity contribution in [3.8, 4) is 17.2 Å². The summed E-state index contributed by atoms with van der Waals surface area (Å²) in [7, 11) is 4.35. The molecular formula is C21H24O6. The molecule has 0 radical (unpaired) electrons. The summed E-state index contributed by atoms with van der Waals surface area (Å²) in [6.45, 7) is 5.42. The van der Waals surface area contributed by atoms with Gasteiger partial charge in [-0.3, -0.25) is 4.79 Å². The van der Waals surface area contributed by atoms with Gasteiger partial charge in [0, 0.05) is 5.56 Å². The van der Waals surface area contributed by atoms with Gasteiger partial charge in [-0.25, -0.2) is 4.79 Å². The molecule has 0 aliphatic heterocycles. The van der Waals surface area contributed by atoms with E-state index in [0.717, 1.165) is 16.7 Å². The molecule has 0 aliphatic rings. The Balaban J connectivity index is 2.21. The minimum atomic E-state index is -0.678. The molecule has 0 atom stereocenters. The Labute approximate surface area is 159 Å². The van der Waals surface area contributed by atoms with Gasteiger partial charge in [-0.1, -0.05) is 6.07 Å². The maximum absolute atomic E-state index is 12.5. The van der Waals surface area contributed by atoms with Crippen LogP contribution in [0, 0.1) is 20.8 Å². The molecule has 2 rings (SSSR count). The van der Waals surface area contributed by atoms with E-state index in [9.17, 15) is 9.59 Å². The molecular weight excluding hydrogens is 348 g/mol. The van der Waals surface area contributed by atoms with Gasteiger partial charge in [0.1, 0.15) is 5.56 Å². The van der Waals surface area contributed by atoms with Gasteiger partial charge >= 0.3 is 5.97 Å². The molecule has 6 nitrogen and oxygen atoms in total. The Hall–Kier alpha value is -3.02. The molecule has 0 unspecified atom stereocenters. The Bertz CT molecular complexity index is 869. The second-order valence-corrected chi connectivity index (χ2v) is 6.13. The average Bonchev–Trinajstić information content (AvgIpc) is 2.67. The van der Waals surface area contributed by atoms with Crippen LogP contribution in [0.1, 0.15) is 37.4 Å². The molecule has 0 N–H and O–H groups in total. The van der Waals surface area contributed by atoms with Gasteiger partial charge in [-0.2, -0.15) is 0 Å². The summed E-state index contributed by atoms with van der Waals surface area (Å²) in [6, 6.07) is 6.85. The molecule has 2 aromatic carbocycles. The number of rotatable bonds is 7. The van der Waals surface area contributed by atoms with Crippen LogP contribution >= 0.6 is 0 Å². The Morgan fingerprint density at radius 2 is 1.41 bits per heavy atom. The highest BCUT2D eigenvalue weighted by molar-refractivity contribution is 6.01. The number of carbonyl (C=O) groups excluding carboxylic acids is 2. The highest BCUT2D eigenvalue weighted by Gasteiger charge is 2.23. The first-order chi connectivity index (χ1) is 12.8. The first-order valence-corrected chi connectivity index (χ1v) is 8.41. The minimum absolute atomic E-state index is 0.153. The molecule has 2 aromatic rings. The van der Waals surface area contributed by atoms with Crippen LogP contribution in [0.25, 0.3) is 0 Å². The average molecular weight is 372 g/mol. The van der Waals surface area contributed by atoms with Gasteiger partial charge in [-0.05, 0) is 55.7 Å². The fourth-order valence-corrected chi connectivity index (χ4v) is 2.81. The Morgan fingerprint density at radius 1 is 0.778 bits per heavy atom. The largest absolute Gasteiger partial charge is 0.493 e. The molecule has 0 amide bonds. The number of benzene rings is 2. The molecule has 0 spiro atoms. The van der Waals surface area contributed by atoms with Crippen LogP contribution in [-0.2, 0) is 4.74 Å². The monoisotopic (exact) mass is 372 g/mol. The van der Waals surface area contributed by atoms with Crippen LogP contribution in [-0.4, -0.2) is 39.7 Å². The van der Waals surface area contributed by atoms with Crippen molar-refractivity contribution >= 4 is 11.8 Å². The van der Waals surface area contributed by atoms with Crippen LogP contribution in [0.2, 0.25) is 0 Å². The molecule has 0 aromatic heterocycles. The molecule has 0 aliphatic carbocycles. The Kier molecular flexibility index (Phi) is 6.45. The summed E-state index contributed by atoms with van der Waals surface area (Å²) >= 11 is 0. The summed E-state index contributed by atoms with van der Waals surface area (Å²) in [5.74, 6) is -0.0406. The summed E-state index contributed by atoms with van der Waals surface area (Å²) < 4.78 is 21.0. The second-order valence-electron chi connectivity index (χ2n) is 6.13. The van der Waals surface area contributed by atoms with E-state index in [2.05, 4.69) is 0 Å². The van der Waals surface area contributed by atoms with Crippen LogP contribution < -0.4 is 14.2 Å². The van der Waals surface area contributed by atoms with Gasteiger partial charge < -0.3 is 18.9 Å². The molecule has 0 saturated carbocycles. The number of Topliss-reactive ketones (excluding diaryl/α,β-unsaturated/α-hetero) is 1. The normalized spacial score (nSPS) is 10.3. The van der Waals surface area contributed by atoms with E-state index in [0.29, 0.717) is 11.3 Å². The number of methoxy groups -OCH3 is 3. The van der Waals surface area contributed by atoms with Crippen molar-refractivity contribution in [2.75, 3.05) is 27.9 Å². The quantitative estimate of drug-likeness (QED) is 0.545. The third-order valence-electron chi connectivity index (χ3n) is 4.40. The van der Waals surface area contributed by atoms with Crippen molar-refractivity contribution in [1.29, 1.82) is 0 Å². The third-order valence-corrected chi connectivity index (χ3v) is 4.40. The number of esters is 1. The third kappa shape index (κ3) is 4.22. The highest BCUT2D eigenvalue weighted by atomic mass is 16.5. The number of aryl methyl sites for hydroxylation is 3. The molecule has 144 valence electrons. The van der Waals surface area contributed by atoms with Gasteiger partial charge in [0.2, 0.25) is 11.5 Å². The van der Waals surface area contributed by atoms with E-state index in [-0.39, 0.29) is 29.5 Å². The first-order valence-electron chi connectivity index (χ1n) is 8.41. The van der Waals surface area contributed by atoms with E-state index < -0.39 is 5.97 Å². The number of hydrogen-bond donors (Lipinski definition) is 0. The van der Waals surface area contributed by atoms with Crippen molar-refractivity contribution < 1.29 is 28.5 Å². The van der Waals surface area contributed by atoms with Crippen molar-refractivity contribution in [3.05, 3.63) is 52.1 Å². The van der Waals surface area contributed by atoms with Gasteiger partial charge in [0.15, 0.2) is 18.1 Å².